The van der Waals surface area contributed by atoms with Gasteiger partial charge in [-0.2, -0.15) is 0 Å². The standard InChI is InChI=1S/C16H28N2O2/c1-7-17(5)12-13(15(20)14(12)19)18(6)11-9-8-10-16(2,3)4/h7-11H2,1-6H3. The maximum Gasteiger partial charge on any atom is 0.253 e. The minimum absolute atomic E-state index is 0.335. The summed E-state index contributed by atoms with van der Waals surface area (Å²) in [5.74, 6) is 0. The van der Waals surface area contributed by atoms with Crippen molar-refractivity contribution in [3.05, 3.63) is 20.4 Å². The molecular formula is C16H28N2O2. The summed E-state index contributed by atoms with van der Waals surface area (Å²) < 4.78 is 0. The first kappa shape index (κ1) is 16.7. The molecule has 0 saturated carbocycles. The number of hydrogen-bond acceptors (Lipinski definition) is 4. The molecule has 0 bridgehead atoms. The van der Waals surface area contributed by atoms with Crippen molar-refractivity contribution in [3.63, 3.8) is 0 Å². The molecule has 0 aromatic heterocycles. The molecule has 0 aliphatic carbocycles. The second-order valence-electron chi connectivity index (χ2n) is 6.81. The predicted octanol–water partition coefficient (Wildman–Crippen LogP) is 2.39. The van der Waals surface area contributed by atoms with E-state index in [-0.39, 0.29) is 10.9 Å². The van der Waals surface area contributed by atoms with Crippen LogP contribution in [-0.2, 0) is 0 Å². The quantitative estimate of drug-likeness (QED) is 0.568. The molecule has 1 aromatic carbocycles. The molecule has 0 atom stereocenters. The molecule has 4 nitrogen and oxygen atoms in total. The predicted molar refractivity (Wildman–Crippen MR) is 86.9 cm³/mol. The average molecular weight is 280 g/mol. The molecule has 0 unspecified atom stereocenters. The molecule has 0 fully saturated rings. The van der Waals surface area contributed by atoms with Crippen LogP contribution in [0.3, 0.4) is 0 Å². The Morgan fingerprint density at radius 2 is 1.40 bits per heavy atom. The third kappa shape index (κ3) is 3.84. The van der Waals surface area contributed by atoms with Gasteiger partial charge in [0.15, 0.2) is 0 Å². The molecule has 0 N–H and O–H groups in total. The monoisotopic (exact) mass is 280 g/mol. The van der Waals surface area contributed by atoms with Crippen molar-refractivity contribution in [1.82, 2.24) is 0 Å². The number of anilines is 2. The van der Waals surface area contributed by atoms with Gasteiger partial charge in [0.25, 0.3) is 10.9 Å². The zero-order chi connectivity index (χ0) is 15.5. The Morgan fingerprint density at radius 3 is 1.85 bits per heavy atom. The summed E-state index contributed by atoms with van der Waals surface area (Å²) in [5, 5.41) is 0. The first-order valence-corrected chi connectivity index (χ1v) is 7.44. The second-order valence-corrected chi connectivity index (χ2v) is 6.81. The lowest BCUT2D eigenvalue weighted by atomic mass is 9.90. The highest BCUT2D eigenvalue weighted by atomic mass is 16.2. The second kappa shape index (κ2) is 6.42. The highest BCUT2D eigenvalue weighted by molar-refractivity contribution is 5.75. The number of nitrogens with zero attached hydrogens (tertiary/aromatic N) is 2. The van der Waals surface area contributed by atoms with Gasteiger partial charge >= 0.3 is 0 Å². The maximum atomic E-state index is 11.8. The molecule has 0 aliphatic rings. The van der Waals surface area contributed by atoms with Crippen molar-refractivity contribution in [2.24, 2.45) is 5.41 Å². The summed E-state index contributed by atoms with van der Waals surface area (Å²) in [7, 11) is 3.76. The van der Waals surface area contributed by atoms with E-state index >= 15 is 0 Å². The first-order chi connectivity index (χ1) is 9.19. The van der Waals surface area contributed by atoms with Crippen molar-refractivity contribution in [2.75, 3.05) is 37.0 Å². The van der Waals surface area contributed by atoms with E-state index in [2.05, 4.69) is 20.8 Å². The molecule has 0 heterocycles. The van der Waals surface area contributed by atoms with Crippen molar-refractivity contribution >= 4 is 11.4 Å². The van der Waals surface area contributed by atoms with E-state index in [9.17, 15) is 9.59 Å². The van der Waals surface area contributed by atoms with E-state index in [0.717, 1.165) is 25.9 Å². The number of unbranched alkanes of at least 4 members (excludes halogenated alkanes) is 1. The normalized spacial score (nSPS) is 11.9. The molecule has 0 amide bonds. The van der Waals surface area contributed by atoms with Crippen molar-refractivity contribution in [3.8, 4) is 0 Å². The fraction of sp³-hybridized carbons (Fsp3) is 0.750. The van der Waals surface area contributed by atoms with Crippen molar-refractivity contribution in [2.45, 2.75) is 47.0 Å². The van der Waals surface area contributed by atoms with Gasteiger partial charge in [-0.25, -0.2) is 0 Å². The van der Waals surface area contributed by atoms with Crippen LogP contribution in [0.4, 0.5) is 11.4 Å². The number of rotatable bonds is 7. The summed E-state index contributed by atoms with van der Waals surface area (Å²) in [5.41, 5.74) is 0.851. The van der Waals surface area contributed by atoms with Crippen LogP contribution in [0.15, 0.2) is 9.59 Å². The van der Waals surface area contributed by atoms with Crippen molar-refractivity contribution in [1.29, 1.82) is 0 Å². The summed E-state index contributed by atoms with van der Waals surface area (Å²) in [4.78, 5) is 27.2. The molecule has 1 aromatic rings. The third-order valence-corrected chi connectivity index (χ3v) is 3.77. The smallest absolute Gasteiger partial charge is 0.253 e. The van der Waals surface area contributed by atoms with Crippen LogP contribution in [0.1, 0.15) is 47.0 Å². The minimum atomic E-state index is -0.342. The highest BCUT2D eigenvalue weighted by Crippen LogP contribution is 2.24. The highest BCUT2D eigenvalue weighted by Gasteiger charge is 2.26. The van der Waals surface area contributed by atoms with E-state index < -0.39 is 0 Å². The first-order valence-electron chi connectivity index (χ1n) is 7.44. The van der Waals surface area contributed by atoms with Gasteiger partial charge in [0.2, 0.25) is 0 Å². The van der Waals surface area contributed by atoms with Crippen LogP contribution in [-0.4, -0.2) is 27.2 Å². The topological polar surface area (TPSA) is 40.6 Å². The Morgan fingerprint density at radius 1 is 0.900 bits per heavy atom. The summed E-state index contributed by atoms with van der Waals surface area (Å²) in [6.45, 7) is 10.2. The Bertz CT molecular complexity index is 507. The molecule has 114 valence electrons. The molecule has 4 heteroatoms. The van der Waals surface area contributed by atoms with Crippen LogP contribution >= 0.6 is 0 Å². The fourth-order valence-corrected chi connectivity index (χ4v) is 2.35. The largest absolute Gasteiger partial charge is 0.370 e. The maximum absolute atomic E-state index is 11.8. The molecule has 20 heavy (non-hydrogen) atoms. The summed E-state index contributed by atoms with van der Waals surface area (Å²) in [6, 6.07) is 0. The Kier molecular flexibility index (Phi) is 5.37. The Balaban J connectivity index is 2.61. The van der Waals surface area contributed by atoms with Gasteiger partial charge in [-0.15, -0.1) is 0 Å². The lowest BCUT2D eigenvalue weighted by Gasteiger charge is -2.28. The lowest BCUT2D eigenvalue weighted by Crippen LogP contribution is -2.44. The summed E-state index contributed by atoms with van der Waals surface area (Å²) in [6.07, 6.45) is 3.36. The zero-order valence-electron chi connectivity index (χ0n) is 13.7. The molecule has 1 rings (SSSR count). The van der Waals surface area contributed by atoms with Gasteiger partial charge < -0.3 is 9.80 Å². The van der Waals surface area contributed by atoms with Crippen LogP contribution in [0.2, 0.25) is 0 Å². The van der Waals surface area contributed by atoms with Gasteiger partial charge in [0, 0.05) is 27.2 Å². The molecular weight excluding hydrogens is 252 g/mol. The summed E-state index contributed by atoms with van der Waals surface area (Å²) >= 11 is 0. The van der Waals surface area contributed by atoms with Crippen molar-refractivity contribution < 1.29 is 0 Å². The van der Waals surface area contributed by atoms with E-state index in [0.29, 0.717) is 16.8 Å². The zero-order valence-corrected chi connectivity index (χ0v) is 13.7. The van der Waals surface area contributed by atoms with E-state index in [1.54, 1.807) is 0 Å². The van der Waals surface area contributed by atoms with Crippen LogP contribution in [0, 0.1) is 5.41 Å². The molecule has 0 aliphatic heterocycles. The SMILES string of the molecule is CCN(C)c1c(N(C)CCCCC(C)(C)C)c(=O)c1=O. The van der Waals surface area contributed by atoms with Gasteiger partial charge in [-0.3, -0.25) is 9.59 Å². The minimum Gasteiger partial charge on any atom is -0.370 e. The Labute approximate surface area is 122 Å². The average Bonchev–Trinajstić information content (AvgIpc) is 2.37. The van der Waals surface area contributed by atoms with Gasteiger partial charge in [0.1, 0.15) is 11.4 Å². The lowest BCUT2D eigenvalue weighted by molar-refractivity contribution is 0.361. The van der Waals surface area contributed by atoms with E-state index in [1.165, 1.54) is 6.42 Å². The third-order valence-electron chi connectivity index (χ3n) is 3.77. The van der Waals surface area contributed by atoms with Gasteiger partial charge in [0.05, 0.1) is 0 Å². The molecule has 0 radical (unpaired) electrons. The van der Waals surface area contributed by atoms with Gasteiger partial charge in [-0.05, 0) is 25.2 Å². The van der Waals surface area contributed by atoms with Crippen LogP contribution < -0.4 is 20.7 Å². The fourth-order valence-electron chi connectivity index (χ4n) is 2.35. The van der Waals surface area contributed by atoms with Crippen LogP contribution in [0.25, 0.3) is 0 Å². The number of hydrogen-bond donors (Lipinski definition) is 0. The Hall–Kier alpha value is -1.32. The van der Waals surface area contributed by atoms with E-state index in [4.69, 9.17) is 0 Å². The van der Waals surface area contributed by atoms with E-state index in [1.807, 2.05) is 30.8 Å². The van der Waals surface area contributed by atoms with Gasteiger partial charge in [-0.1, -0.05) is 27.2 Å². The van der Waals surface area contributed by atoms with Crippen LogP contribution in [0.5, 0.6) is 0 Å². The molecule has 0 saturated heterocycles. The molecule has 0 spiro atoms.